The molecule has 2 aromatic rings. The van der Waals surface area contributed by atoms with Crippen LogP contribution in [0.4, 0.5) is 0 Å². The van der Waals surface area contributed by atoms with Crippen molar-refractivity contribution in [1.29, 1.82) is 0 Å². The predicted octanol–water partition coefficient (Wildman–Crippen LogP) is 2.15. The van der Waals surface area contributed by atoms with Gasteiger partial charge in [-0.1, -0.05) is 19.1 Å². The molecule has 3 nitrogen and oxygen atoms in total. The van der Waals surface area contributed by atoms with Gasteiger partial charge in [-0.2, -0.15) is 0 Å². The second-order valence-electron chi connectivity index (χ2n) is 3.62. The molecule has 0 aliphatic carbocycles. The van der Waals surface area contributed by atoms with Crippen molar-refractivity contribution in [2.75, 3.05) is 0 Å². The maximum absolute atomic E-state index is 11.3. The summed E-state index contributed by atoms with van der Waals surface area (Å²) in [6.07, 6.45) is 3.04. The lowest BCUT2D eigenvalue weighted by atomic mass is 10.1. The van der Waals surface area contributed by atoms with Crippen LogP contribution in [0.5, 0.6) is 0 Å². The summed E-state index contributed by atoms with van der Waals surface area (Å²) in [4.78, 5) is 11.3. The first kappa shape index (κ1) is 9.77. The molecule has 1 amide bonds. The Labute approximate surface area is 88.5 Å². The van der Waals surface area contributed by atoms with E-state index in [1.54, 1.807) is 6.07 Å². The third-order valence-electron chi connectivity index (χ3n) is 2.52. The zero-order valence-electron chi connectivity index (χ0n) is 8.73. The maximum Gasteiger partial charge on any atom is 0.250 e. The summed E-state index contributed by atoms with van der Waals surface area (Å²) in [5, 5.41) is 1.07. The third kappa shape index (κ3) is 1.61. The number of amides is 1. The van der Waals surface area contributed by atoms with Crippen molar-refractivity contribution in [2.45, 2.75) is 19.9 Å². The van der Waals surface area contributed by atoms with E-state index in [0.717, 1.165) is 23.9 Å². The first-order valence-electron chi connectivity index (χ1n) is 5.11. The van der Waals surface area contributed by atoms with Crippen molar-refractivity contribution in [3.8, 4) is 0 Å². The number of carbonyl (C=O) groups excluding carboxylic acids is 1. The van der Waals surface area contributed by atoms with E-state index in [4.69, 9.17) is 5.73 Å². The lowest BCUT2D eigenvalue weighted by molar-refractivity contribution is 0.100. The number of hydrogen-bond acceptors (Lipinski definition) is 1. The number of benzene rings is 1. The molecule has 78 valence electrons. The average molecular weight is 202 g/mol. The molecule has 0 aliphatic heterocycles. The Bertz CT molecular complexity index is 499. The molecule has 0 unspecified atom stereocenters. The highest BCUT2D eigenvalue weighted by Gasteiger charge is 2.09. The Morgan fingerprint density at radius 3 is 2.87 bits per heavy atom. The second-order valence-corrected chi connectivity index (χ2v) is 3.62. The zero-order valence-corrected chi connectivity index (χ0v) is 8.73. The third-order valence-corrected chi connectivity index (χ3v) is 2.52. The van der Waals surface area contributed by atoms with Gasteiger partial charge in [-0.15, -0.1) is 0 Å². The number of primary amides is 1. The minimum absolute atomic E-state index is 0.364. The van der Waals surface area contributed by atoms with Crippen LogP contribution in [-0.4, -0.2) is 10.5 Å². The van der Waals surface area contributed by atoms with Crippen molar-refractivity contribution in [3.63, 3.8) is 0 Å². The van der Waals surface area contributed by atoms with Crippen LogP contribution in [-0.2, 0) is 6.54 Å². The minimum Gasteiger partial charge on any atom is -0.366 e. The van der Waals surface area contributed by atoms with Gasteiger partial charge in [-0.25, -0.2) is 0 Å². The number of nitrogens with two attached hydrogens (primary N) is 1. The van der Waals surface area contributed by atoms with Crippen LogP contribution < -0.4 is 5.73 Å². The van der Waals surface area contributed by atoms with Gasteiger partial charge in [0.1, 0.15) is 0 Å². The molecule has 0 atom stereocenters. The van der Waals surface area contributed by atoms with Crippen molar-refractivity contribution >= 4 is 16.8 Å². The van der Waals surface area contributed by atoms with E-state index in [9.17, 15) is 4.79 Å². The van der Waals surface area contributed by atoms with Gasteiger partial charge in [-0.3, -0.25) is 4.79 Å². The van der Waals surface area contributed by atoms with Gasteiger partial charge in [0.15, 0.2) is 0 Å². The molecule has 2 rings (SSSR count). The second kappa shape index (κ2) is 3.77. The van der Waals surface area contributed by atoms with E-state index < -0.39 is 0 Å². The van der Waals surface area contributed by atoms with E-state index in [1.807, 2.05) is 24.4 Å². The van der Waals surface area contributed by atoms with Gasteiger partial charge in [0.25, 0.3) is 5.91 Å². The summed E-state index contributed by atoms with van der Waals surface area (Å²) in [5.41, 5.74) is 6.91. The fraction of sp³-hybridized carbons (Fsp3) is 0.250. The van der Waals surface area contributed by atoms with E-state index in [-0.39, 0.29) is 5.91 Å². The first-order valence-corrected chi connectivity index (χ1v) is 5.11. The predicted molar refractivity (Wildman–Crippen MR) is 60.7 cm³/mol. The zero-order chi connectivity index (χ0) is 10.8. The Morgan fingerprint density at radius 1 is 1.40 bits per heavy atom. The van der Waals surface area contributed by atoms with E-state index in [1.165, 1.54) is 0 Å². The molecule has 2 N–H and O–H groups in total. The van der Waals surface area contributed by atoms with Gasteiger partial charge in [-0.05, 0) is 18.6 Å². The van der Waals surface area contributed by atoms with Gasteiger partial charge < -0.3 is 10.3 Å². The van der Waals surface area contributed by atoms with Crippen molar-refractivity contribution in [2.24, 2.45) is 5.73 Å². The number of aromatic nitrogens is 1. The number of carbonyl (C=O) groups is 1. The van der Waals surface area contributed by atoms with E-state index >= 15 is 0 Å². The first-order chi connectivity index (χ1) is 7.24. The number of aryl methyl sites for hydroxylation is 1. The molecule has 1 heterocycles. The van der Waals surface area contributed by atoms with Crippen LogP contribution >= 0.6 is 0 Å². The molecule has 0 saturated heterocycles. The smallest absolute Gasteiger partial charge is 0.250 e. The van der Waals surface area contributed by atoms with Gasteiger partial charge >= 0.3 is 0 Å². The molecule has 15 heavy (non-hydrogen) atoms. The Morgan fingerprint density at radius 2 is 2.20 bits per heavy atom. The quantitative estimate of drug-likeness (QED) is 0.814. The summed E-state index contributed by atoms with van der Waals surface area (Å²) in [6, 6.07) is 7.64. The van der Waals surface area contributed by atoms with Gasteiger partial charge in [0.2, 0.25) is 0 Å². The van der Waals surface area contributed by atoms with E-state index in [2.05, 4.69) is 11.5 Å². The van der Waals surface area contributed by atoms with Gasteiger partial charge in [0, 0.05) is 18.1 Å². The van der Waals surface area contributed by atoms with Crippen LogP contribution in [0.3, 0.4) is 0 Å². The Hall–Kier alpha value is -1.77. The summed E-state index contributed by atoms with van der Waals surface area (Å²) in [5.74, 6) is -0.364. The molecule has 0 fully saturated rings. The number of rotatable bonds is 3. The minimum atomic E-state index is -0.364. The highest BCUT2D eigenvalue weighted by Crippen LogP contribution is 2.20. The maximum atomic E-state index is 11.3. The fourth-order valence-electron chi connectivity index (χ4n) is 1.89. The SMILES string of the molecule is CCCn1ccc2cccc(C(N)=O)c21. The molecule has 1 aromatic heterocycles. The van der Waals surface area contributed by atoms with Crippen LogP contribution in [0.2, 0.25) is 0 Å². The van der Waals surface area contributed by atoms with Crippen molar-refractivity contribution in [3.05, 3.63) is 36.0 Å². The molecule has 0 spiro atoms. The molecule has 1 aromatic carbocycles. The highest BCUT2D eigenvalue weighted by atomic mass is 16.1. The lowest BCUT2D eigenvalue weighted by Gasteiger charge is -2.06. The van der Waals surface area contributed by atoms with E-state index in [0.29, 0.717) is 5.56 Å². The molecule has 0 saturated carbocycles. The van der Waals surface area contributed by atoms with Gasteiger partial charge in [0.05, 0.1) is 11.1 Å². The fourth-order valence-corrected chi connectivity index (χ4v) is 1.89. The van der Waals surface area contributed by atoms with Crippen LogP contribution in [0.15, 0.2) is 30.5 Å². The van der Waals surface area contributed by atoms with Crippen LogP contribution in [0, 0.1) is 0 Å². The Kier molecular flexibility index (Phi) is 2.46. The summed E-state index contributed by atoms with van der Waals surface area (Å²) in [6.45, 7) is 3.02. The molecular formula is C12H14N2O. The molecule has 3 heteroatoms. The number of fused-ring (bicyclic) bond motifs is 1. The largest absolute Gasteiger partial charge is 0.366 e. The van der Waals surface area contributed by atoms with Crippen LogP contribution in [0.1, 0.15) is 23.7 Å². The van der Waals surface area contributed by atoms with Crippen LogP contribution in [0.25, 0.3) is 10.9 Å². The molecular weight excluding hydrogens is 188 g/mol. The monoisotopic (exact) mass is 202 g/mol. The number of nitrogens with zero attached hydrogens (tertiary/aromatic N) is 1. The Balaban J connectivity index is 2.69. The lowest BCUT2D eigenvalue weighted by Crippen LogP contribution is -2.12. The summed E-state index contributed by atoms with van der Waals surface area (Å²) in [7, 11) is 0. The molecule has 0 aliphatic rings. The molecule has 0 bridgehead atoms. The van der Waals surface area contributed by atoms with Crippen molar-refractivity contribution in [1.82, 2.24) is 4.57 Å². The summed E-state index contributed by atoms with van der Waals surface area (Å²) >= 11 is 0. The molecule has 0 radical (unpaired) electrons. The number of hydrogen-bond donors (Lipinski definition) is 1. The highest BCUT2D eigenvalue weighted by molar-refractivity contribution is 6.05. The average Bonchev–Trinajstić information content (AvgIpc) is 2.62. The number of para-hydroxylation sites is 1. The summed E-state index contributed by atoms with van der Waals surface area (Å²) < 4.78 is 2.08. The normalized spacial score (nSPS) is 10.7. The standard InChI is InChI=1S/C12H14N2O/c1-2-7-14-8-6-9-4-3-5-10(11(9)14)12(13)15/h3-6,8H,2,7H2,1H3,(H2,13,15). The topological polar surface area (TPSA) is 48.0 Å². The van der Waals surface area contributed by atoms with Crippen molar-refractivity contribution < 1.29 is 4.79 Å².